The molecule has 6 heteroatoms. The molecule has 0 fully saturated rings. The van der Waals surface area contributed by atoms with E-state index in [-0.39, 0.29) is 12.4 Å². The van der Waals surface area contributed by atoms with Gasteiger partial charge in [-0.05, 0) is 18.6 Å². The Bertz CT molecular complexity index is 628. The van der Waals surface area contributed by atoms with E-state index in [0.717, 1.165) is 16.8 Å². The van der Waals surface area contributed by atoms with Crippen LogP contribution in [0.5, 0.6) is 0 Å². The third-order valence-electron chi connectivity index (χ3n) is 2.85. The van der Waals surface area contributed by atoms with Crippen LogP contribution in [0.4, 0.5) is 8.78 Å². The molecule has 0 N–H and O–H groups in total. The lowest BCUT2D eigenvalue weighted by Crippen LogP contribution is -2.05. The highest BCUT2D eigenvalue weighted by atomic mass is 32.1. The molecule has 3 nitrogen and oxygen atoms in total. The Balaban J connectivity index is 1.95. The maximum Gasteiger partial charge on any atom is 0.306 e. The number of carbonyl (C=O) groups excluding carboxylic acids is 1. The summed E-state index contributed by atoms with van der Waals surface area (Å²) in [6.07, 6.45) is 1.10. The number of esters is 1. The van der Waals surface area contributed by atoms with Gasteiger partial charge in [0.05, 0.1) is 23.7 Å². The molecular formula is C15H15F2NO2S. The third kappa shape index (κ3) is 4.60. The van der Waals surface area contributed by atoms with Gasteiger partial charge in [0.2, 0.25) is 0 Å². The number of hydrogen-bond acceptors (Lipinski definition) is 4. The van der Waals surface area contributed by atoms with E-state index in [2.05, 4.69) is 4.98 Å². The summed E-state index contributed by atoms with van der Waals surface area (Å²) in [6, 6.07) is 3.52. The highest BCUT2D eigenvalue weighted by molar-refractivity contribution is 7.09. The van der Waals surface area contributed by atoms with Crippen LogP contribution in [0.15, 0.2) is 23.6 Å². The van der Waals surface area contributed by atoms with Crippen molar-refractivity contribution in [1.82, 2.24) is 4.98 Å². The lowest BCUT2D eigenvalue weighted by atomic mass is 10.1. The summed E-state index contributed by atoms with van der Waals surface area (Å²) >= 11 is 1.40. The Hall–Kier alpha value is -1.82. The Morgan fingerprint density at radius 3 is 2.90 bits per heavy atom. The molecule has 0 radical (unpaired) electrons. The number of halogens is 2. The van der Waals surface area contributed by atoms with Crippen molar-refractivity contribution in [2.75, 3.05) is 6.61 Å². The molecule has 0 aliphatic rings. The van der Waals surface area contributed by atoms with Crippen molar-refractivity contribution in [2.45, 2.75) is 26.2 Å². The van der Waals surface area contributed by atoms with Crippen molar-refractivity contribution in [1.29, 1.82) is 0 Å². The van der Waals surface area contributed by atoms with Gasteiger partial charge in [-0.2, -0.15) is 0 Å². The number of carbonyl (C=O) groups is 1. The molecule has 0 amide bonds. The topological polar surface area (TPSA) is 39.2 Å². The Labute approximate surface area is 125 Å². The number of benzene rings is 1. The summed E-state index contributed by atoms with van der Waals surface area (Å²) in [7, 11) is 0. The van der Waals surface area contributed by atoms with Crippen LogP contribution < -0.4 is 0 Å². The first-order valence-electron chi connectivity index (χ1n) is 6.61. The number of hydrogen-bond donors (Lipinski definition) is 0. The SMILES string of the molecule is CCOC(=O)CCc1csc(Cc2ccc(F)cc2F)n1. The molecule has 0 saturated heterocycles. The molecule has 0 atom stereocenters. The van der Waals surface area contributed by atoms with E-state index in [1.807, 2.05) is 5.38 Å². The van der Waals surface area contributed by atoms with E-state index in [1.165, 1.54) is 23.5 Å². The summed E-state index contributed by atoms with van der Waals surface area (Å²) in [5, 5.41) is 2.58. The number of thiazole rings is 1. The van der Waals surface area contributed by atoms with Crippen LogP contribution in [-0.2, 0) is 22.4 Å². The van der Waals surface area contributed by atoms with Gasteiger partial charge in [-0.1, -0.05) is 6.07 Å². The van der Waals surface area contributed by atoms with Crippen molar-refractivity contribution in [3.8, 4) is 0 Å². The molecule has 2 aromatic rings. The minimum absolute atomic E-state index is 0.253. The van der Waals surface area contributed by atoms with E-state index >= 15 is 0 Å². The van der Waals surface area contributed by atoms with E-state index in [0.29, 0.717) is 25.0 Å². The second-order valence-corrected chi connectivity index (χ2v) is 5.39. The summed E-state index contributed by atoms with van der Waals surface area (Å²) in [6.45, 7) is 2.13. The van der Waals surface area contributed by atoms with Crippen LogP contribution in [0.2, 0.25) is 0 Å². The van der Waals surface area contributed by atoms with E-state index < -0.39 is 11.6 Å². The summed E-state index contributed by atoms with van der Waals surface area (Å²) in [5.74, 6) is -1.42. The third-order valence-corrected chi connectivity index (χ3v) is 3.74. The number of ether oxygens (including phenoxy) is 1. The zero-order chi connectivity index (χ0) is 15.2. The molecule has 0 aliphatic heterocycles. The molecule has 112 valence electrons. The average Bonchev–Trinajstić information content (AvgIpc) is 2.88. The lowest BCUT2D eigenvalue weighted by Gasteiger charge is -2.01. The fraction of sp³-hybridized carbons (Fsp3) is 0.333. The molecule has 2 rings (SSSR count). The second kappa shape index (κ2) is 7.26. The van der Waals surface area contributed by atoms with Crippen LogP contribution in [0, 0.1) is 11.6 Å². The van der Waals surface area contributed by atoms with Gasteiger partial charge < -0.3 is 4.74 Å². The molecule has 1 heterocycles. The van der Waals surface area contributed by atoms with Crippen LogP contribution in [0.3, 0.4) is 0 Å². The van der Waals surface area contributed by atoms with Gasteiger partial charge in [0.25, 0.3) is 0 Å². The fourth-order valence-electron chi connectivity index (χ4n) is 1.84. The van der Waals surface area contributed by atoms with Gasteiger partial charge in [-0.3, -0.25) is 4.79 Å². The first-order chi connectivity index (χ1) is 10.1. The van der Waals surface area contributed by atoms with Gasteiger partial charge in [0, 0.05) is 24.3 Å². The first-order valence-corrected chi connectivity index (χ1v) is 7.49. The van der Waals surface area contributed by atoms with Crippen molar-refractivity contribution in [3.05, 3.63) is 51.5 Å². The van der Waals surface area contributed by atoms with Gasteiger partial charge in [-0.15, -0.1) is 11.3 Å². The lowest BCUT2D eigenvalue weighted by molar-refractivity contribution is -0.143. The normalized spacial score (nSPS) is 10.6. The maximum atomic E-state index is 13.6. The van der Waals surface area contributed by atoms with Crippen molar-refractivity contribution in [2.24, 2.45) is 0 Å². The standard InChI is InChI=1S/C15H15F2NO2S/c1-2-20-15(19)6-5-12-9-21-14(18-12)7-10-3-4-11(16)8-13(10)17/h3-4,8-9H,2,5-7H2,1H3. The van der Waals surface area contributed by atoms with Crippen LogP contribution in [-0.4, -0.2) is 17.6 Å². The zero-order valence-corrected chi connectivity index (χ0v) is 12.4. The smallest absolute Gasteiger partial charge is 0.306 e. The molecule has 21 heavy (non-hydrogen) atoms. The van der Waals surface area contributed by atoms with E-state index in [4.69, 9.17) is 4.74 Å². The van der Waals surface area contributed by atoms with Crippen LogP contribution >= 0.6 is 11.3 Å². The van der Waals surface area contributed by atoms with E-state index in [1.54, 1.807) is 6.92 Å². The first kappa shape index (κ1) is 15.6. The summed E-state index contributed by atoms with van der Waals surface area (Å²) < 4.78 is 31.2. The maximum absolute atomic E-state index is 13.6. The van der Waals surface area contributed by atoms with Crippen molar-refractivity contribution >= 4 is 17.3 Å². The molecule has 0 saturated carbocycles. The highest BCUT2D eigenvalue weighted by Crippen LogP contribution is 2.18. The molecule has 1 aromatic heterocycles. The molecule has 0 unspecified atom stereocenters. The fourth-order valence-corrected chi connectivity index (χ4v) is 2.69. The van der Waals surface area contributed by atoms with Crippen LogP contribution in [0.1, 0.15) is 29.6 Å². The van der Waals surface area contributed by atoms with Gasteiger partial charge in [0.15, 0.2) is 0 Å². The second-order valence-electron chi connectivity index (χ2n) is 4.45. The van der Waals surface area contributed by atoms with Gasteiger partial charge in [-0.25, -0.2) is 13.8 Å². The van der Waals surface area contributed by atoms with Crippen molar-refractivity contribution < 1.29 is 18.3 Å². The number of aryl methyl sites for hydroxylation is 1. The average molecular weight is 311 g/mol. The van der Waals surface area contributed by atoms with Gasteiger partial charge >= 0.3 is 5.97 Å². The highest BCUT2D eigenvalue weighted by Gasteiger charge is 2.09. The van der Waals surface area contributed by atoms with Crippen molar-refractivity contribution in [3.63, 3.8) is 0 Å². The number of aromatic nitrogens is 1. The largest absolute Gasteiger partial charge is 0.466 e. The Morgan fingerprint density at radius 2 is 2.19 bits per heavy atom. The van der Waals surface area contributed by atoms with Crippen LogP contribution in [0.25, 0.3) is 0 Å². The molecule has 0 aliphatic carbocycles. The zero-order valence-electron chi connectivity index (χ0n) is 11.6. The molecular weight excluding hydrogens is 296 g/mol. The number of nitrogens with zero attached hydrogens (tertiary/aromatic N) is 1. The van der Waals surface area contributed by atoms with E-state index in [9.17, 15) is 13.6 Å². The van der Waals surface area contributed by atoms with Gasteiger partial charge in [0.1, 0.15) is 11.6 Å². The monoisotopic (exact) mass is 311 g/mol. The minimum atomic E-state index is -0.592. The predicted molar refractivity (Wildman–Crippen MR) is 76.2 cm³/mol. The molecule has 1 aromatic carbocycles. The molecule has 0 bridgehead atoms. The minimum Gasteiger partial charge on any atom is -0.466 e. The predicted octanol–water partition coefficient (Wildman–Crippen LogP) is 3.51. The quantitative estimate of drug-likeness (QED) is 0.766. The Kier molecular flexibility index (Phi) is 5.38. The summed E-state index contributed by atoms with van der Waals surface area (Å²) in [4.78, 5) is 15.6. The molecule has 0 spiro atoms. The number of rotatable bonds is 6. The Morgan fingerprint density at radius 1 is 1.38 bits per heavy atom. The summed E-state index contributed by atoms with van der Waals surface area (Å²) in [5.41, 5.74) is 1.19.